The van der Waals surface area contributed by atoms with Gasteiger partial charge in [0.05, 0.1) is 29.6 Å². The number of rotatable bonds is 6. The number of fused-ring (bicyclic) bond motifs is 5. The minimum absolute atomic E-state index is 0.00884. The zero-order chi connectivity index (χ0) is 34.2. The molecule has 2 bridgehead atoms. The van der Waals surface area contributed by atoms with Gasteiger partial charge in [0.2, 0.25) is 5.91 Å². The zero-order valence-corrected chi connectivity index (χ0v) is 28.7. The second kappa shape index (κ2) is 11.7. The molecule has 5 atom stereocenters. The third-order valence-electron chi connectivity index (χ3n) is 9.82. The summed E-state index contributed by atoms with van der Waals surface area (Å²) < 4.78 is 37.8. The molecule has 250 valence electrons. The number of halogens is 1. The topological polar surface area (TPSA) is 140 Å². The van der Waals surface area contributed by atoms with Gasteiger partial charge in [-0.3, -0.25) is 9.78 Å². The molecule has 1 saturated carbocycles. The Morgan fingerprint density at radius 3 is 2.69 bits per heavy atom. The fourth-order valence-corrected chi connectivity index (χ4v) is 8.29. The zero-order valence-electron chi connectivity index (χ0n) is 27.9. The number of hydrogen-bond acceptors (Lipinski definition) is 8. The van der Waals surface area contributed by atoms with Gasteiger partial charge in [-0.15, -0.1) is 0 Å². The molecular weight excluding hydrogens is 633 g/mol. The highest BCUT2D eigenvalue weighted by Crippen LogP contribution is 2.52. The summed E-state index contributed by atoms with van der Waals surface area (Å²) in [6.45, 7) is 5.98. The van der Waals surface area contributed by atoms with Crippen molar-refractivity contribution in [3.05, 3.63) is 47.2 Å². The molecule has 48 heavy (non-hydrogen) atoms. The Labute approximate surface area is 281 Å². The van der Waals surface area contributed by atoms with Crippen LogP contribution in [0.2, 0.25) is 0 Å². The van der Waals surface area contributed by atoms with Crippen LogP contribution in [0.15, 0.2) is 29.4 Å². The highest BCUT2D eigenvalue weighted by Gasteiger charge is 2.56. The van der Waals surface area contributed by atoms with Crippen molar-refractivity contribution in [1.82, 2.24) is 29.3 Å². The van der Waals surface area contributed by atoms with Crippen LogP contribution in [0.4, 0.5) is 9.18 Å². The Morgan fingerprint density at radius 2 is 2.00 bits per heavy atom. The Kier molecular flexibility index (Phi) is 7.87. The lowest BCUT2D eigenvalue weighted by Crippen LogP contribution is -2.44. The summed E-state index contributed by atoms with van der Waals surface area (Å²) in [5.41, 5.74) is 2.69. The van der Waals surface area contributed by atoms with E-state index < -0.39 is 28.7 Å². The van der Waals surface area contributed by atoms with Crippen molar-refractivity contribution in [1.29, 1.82) is 5.26 Å². The van der Waals surface area contributed by atoms with Gasteiger partial charge < -0.3 is 23.7 Å². The van der Waals surface area contributed by atoms with Gasteiger partial charge in [-0.05, 0) is 51.2 Å². The summed E-state index contributed by atoms with van der Waals surface area (Å²) in [6.07, 6.45) is 5.31. The van der Waals surface area contributed by atoms with Gasteiger partial charge in [0.25, 0.3) is 5.03 Å². The molecule has 3 fully saturated rings. The third kappa shape index (κ3) is 5.17. The number of nitriles is 1. The molecule has 11 nitrogen and oxygen atoms in total. The molecule has 2 amide bonds. The van der Waals surface area contributed by atoms with Crippen molar-refractivity contribution in [2.45, 2.75) is 81.5 Å². The molecule has 0 spiro atoms. The molecule has 2 aliphatic carbocycles. The molecule has 4 aromatic rings. The number of carbonyl (C=O) groups is 2. The van der Waals surface area contributed by atoms with E-state index >= 15 is 4.39 Å². The first-order chi connectivity index (χ1) is 22.8. The maximum atomic E-state index is 16.8. The number of carbonyl (C=O) groups excluding carboxylic acids is 2. The molecule has 2 aliphatic heterocycles. The van der Waals surface area contributed by atoms with Crippen LogP contribution in [0.3, 0.4) is 0 Å². The fourth-order valence-electron chi connectivity index (χ4n) is 7.65. The largest absolute Gasteiger partial charge is 0.610 e. The van der Waals surface area contributed by atoms with E-state index in [0.29, 0.717) is 40.8 Å². The van der Waals surface area contributed by atoms with Gasteiger partial charge in [0.1, 0.15) is 28.9 Å². The predicted molar refractivity (Wildman–Crippen MR) is 178 cm³/mol. The highest BCUT2D eigenvalue weighted by molar-refractivity contribution is 7.90. The number of imidazole rings is 1. The minimum atomic E-state index is -1.64. The van der Waals surface area contributed by atoms with E-state index in [2.05, 4.69) is 16.0 Å². The fraction of sp³-hybridized carbons (Fsp3) is 0.486. The van der Waals surface area contributed by atoms with Crippen molar-refractivity contribution >= 4 is 45.1 Å². The van der Waals surface area contributed by atoms with Gasteiger partial charge in [0.15, 0.2) is 11.3 Å². The molecule has 2 saturated heterocycles. The average molecular weight is 672 g/mol. The first-order valence-corrected chi connectivity index (χ1v) is 17.8. The molecule has 4 aliphatic rings. The number of nitrogens with zero attached hydrogens (tertiary/aromatic N) is 7. The van der Waals surface area contributed by atoms with Gasteiger partial charge in [0, 0.05) is 67.7 Å². The number of aryl methyl sites for hydroxylation is 2. The first kappa shape index (κ1) is 32.3. The van der Waals surface area contributed by atoms with Crippen LogP contribution in [0.1, 0.15) is 68.9 Å². The van der Waals surface area contributed by atoms with Crippen molar-refractivity contribution in [3.63, 3.8) is 0 Å². The van der Waals surface area contributed by atoms with E-state index in [9.17, 15) is 19.4 Å². The van der Waals surface area contributed by atoms with E-state index in [4.69, 9.17) is 9.72 Å². The van der Waals surface area contributed by atoms with Gasteiger partial charge in [-0.25, -0.2) is 14.2 Å². The normalized spacial score (nSPS) is 22.0. The summed E-state index contributed by atoms with van der Waals surface area (Å²) in [5.74, 6) is -0.449. The number of amides is 2. The number of hydrogen-bond donors (Lipinski definition) is 0. The van der Waals surface area contributed by atoms with Crippen molar-refractivity contribution < 1.29 is 23.3 Å². The quantitative estimate of drug-likeness (QED) is 0.252. The lowest BCUT2D eigenvalue weighted by molar-refractivity contribution is -0.128. The molecule has 13 heteroatoms. The molecule has 1 aromatic carbocycles. The summed E-state index contributed by atoms with van der Waals surface area (Å²) in [5, 5.41) is 10.4. The summed E-state index contributed by atoms with van der Waals surface area (Å²) in [7, 11) is 3.39. The molecule has 0 N–H and O–H groups in total. The smallest absolute Gasteiger partial charge is 0.410 e. The first-order valence-electron chi connectivity index (χ1n) is 16.2. The SMILES string of the molecule is CN(C)C(=O)CCc1nc2c([S+](C)[O-])nc3c(F)c(-c4cccc5c4C(C#N)CC5)ncc3c2n1C1C2CC1N(C(=O)OC(C)(C)C)C2. The van der Waals surface area contributed by atoms with Crippen LogP contribution >= 0.6 is 0 Å². The Hall–Kier alpha value is -4.28. The van der Waals surface area contributed by atoms with Crippen molar-refractivity contribution in [3.8, 4) is 17.3 Å². The minimum Gasteiger partial charge on any atom is -0.610 e. The van der Waals surface area contributed by atoms with E-state index in [1.54, 1.807) is 31.3 Å². The summed E-state index contributed by atoms with van der Waals surface area (Å²) in [6, 6.07) is 7.53. The Morgan fingerprint density at radius 1 is 1.23 bits per heavy atom. The second-order valence-electron chi connectivity index (χ2n) is 14.2. The van der Waals surface area contributed by atoms with Crippen LogP contribution in [0.25, 0.3) is 33.2 Å². The maximum Gasteiger partial charge on any atom is 0.410 e. The highest BCUT2D eigenvalue weighted by atomic mass is 32.2. The number of aromatic nitrogens is 4. The number of ether oxygens (including phenoxy) is 1. The molecule has 0 radical (unpaired) electrons. The molecule has 8 rings (SSSR count). The average Bonchev–Trinajstić information content (AvgIpc) is 3.80. The van der Waals surface area contributed by atoms with Crippen molar-refractivity contribution in [2.75, 3.05) is 26.9 Å². The monoisotopic (exact) mass is 671 g/mol. The molecular formula is C35H38FN7O4S. The van der Waals surface area contributed by atoms with Crippen LogP contribution < -0.4 is 0 Å². The van der Waals surface area contributed by atoms with Crippen LogP contribution in [-0.4, -0.2) is 84.4 Å². The van der Waals surface area contributed by atoms with Crippen LogP contribution in [0, 0.1) is 23.1 Å². The lowest BCUT2D eigenvalue weighted by atomic mass is 9.79. The van der Waals surface area contributed by atoms with E-state index in [1.807, 2.05) is 37.5 Å². The second-order valence-corrected chi connectivity index (χ2v) is 15.5. The van der Waals surface area contributed by atoms with Crippen LogP contribution in [-0.2, 0) is 33.5 Å². The summed E-state index contributed by atoms with van der Waals surface area (Å²) in [4.78, 5) is 43.5. The summed E-state index contributed by atoms with van der Waals surface area (Å²) >= 11 is -1.64. The Bertz CT molecular complexity index is 2030. The standard InChI is InChI=1S/C35H38FN7O4S/c1-35(2,3)47-34(45)42-17-20-14-23(42)31(20)43-24(12-13-25(44)41(4)5)39-30-32(43)22-16-38-28(27(36)29(22)40-33(30)48(6)46)21-9-7-8-18-10-11-19(15-37)26(18)21/h7-9,16,19-20,23,31H,10-14,17H2,1-6H3. The predicted octanol–water partition coefficient (Wildman–Crippen LogP) is 5.28. The van der Waals surface area contributed by atoms with E-state index in [1.165, 1.54) is 11.2 Å². The number of pyridine rings is 2. The van der Waals surface area contributed by atoms with Gasteiger partial charge in [-0.1, -0.05) is 18.2 Å². The van der Waals surface area contributed by atoms with Crippen molar-refractivity contribution in [2.24, 2.45) is 5.92 Å². The molecule has 5 heterocycles. The van der Waals surface area contributed by atoms with Crippen LogP contribution in [0.5, 0.6) is 0 Å². The molecule has 3 aromatic heterocycles. The lowest BCUT2D eigenvalue weighted by Gasteiger charge is -2.39. The molecule has 5 unspecified atom stereocenters. The van der Waals surface area contributed by atoms with E-state index in [-0.39, 0.29) is 58.9 Å². The Balaban J connectivity index is 1.43. The van der Waals surface area contributed by atoms with Gasteiger partial charge in [-0.2, -0.15) is 10.2 Å². The number of benzene rings is 1. The van der Waals surface area contributed by atoms with Gasteiger partial charge >= 0.3 is 6.09 Å². The van der Waals surface area contributed by atoms with E-state index in [0.717, 1.165) is 24.0 Å². The third-order valence-corrected chi connectivity index (χ3v) is 10.6. The maximum absolute atomic E-state index is 16.8.